The molecule has 2 unspecified atom stereocenters. The third-order valence-electron chi connectivity index (χ3n) is 3.79. The third kappa shape index (κ3) is 2.79. The number of carbonyl (C=O) groups is 1. The zero-order valence-electron chi connectivity index (χ0n) is 9.58. The van der Waals surface area contributed by atoms with E-state index in [9.17, 15) is 4.79 Å². The van der Waals surface area contributed by atoms with Crippen molar-refractivity contribution < 1.29 is 9.53 Å². The number of Topliss-reactive ketones (excluding diaryl/α,β-unsaturated/α-hetero) is 1. The molecule has 0 bridgehead atoms. The van der Waals surface area contributed by atoms with Crippen LogP contribution < -0.4 is 0 Å². The number of ketones is 1. The van der Waals surface area contributed by atoms with E-state index in [4.69, 9.17) is 4.74 Å². The Bertz CT molecular complexity index is 224. The summed E-state index contributed by atoms with van der Waals surface area (Å²) in [5, 5.41) is 0. The van der Waals surface area contributed by atoms with E-state index in [2.05, 4.69) is 11.9 Å². The van der Waals surface area contributed by atoms with E-state index in [1.165, 1.54) is 0 Å². The van der Waals surface area contributed by atoms with Crippen LogP contribution in [0.5, 0.6) is 0 Å². The van der Waals surface area contributed by atoms with E-state index in [0.29, 0.717) is 17.7 Å². The lowest BCUT2D eigenvalue weighted by molar-refractivity contribution is -0.120. The van der Waals surface area contributed by atoms with E-state index in [1.54, 1.807) is 0 Å². The molecule has 0 aromatic heterocycles. The first-order valence-electron chi connectivity index (χ1n) is 6.08. The van der Waals surface area contributed by atoms with Crippen molar-refractivity contribution in [2.45, 2.75) is 38.1 Å². The summed E-state index contributed by atoms with van der Waals surface area (Å²) in [4.78, 5) is 13.8. The first-order chi connectivity index (χ1) is 7.27. The Hall–Kier alpha value is -0.410. The first-order valence-corrected chi connectivity index (χ1v) is 6.08. The lowest BCUT2D eigenvalue weighted by Crippen LogP contribution is -2.33. The van der Waals surface area contributed by atoms with Crippen molar-refractivity contribution in [2.24, 2.45) is 5.92 Å². The smallest absolute Gasteiger partial charge is 0.136 e. The molecule has 2 rings (SSSR count). The molecular weight excluding hydrogens is 190 g/mol. The molecule has 86 valence electrons. The molecule has 0 spiro atoms. The fourth-order valence-corrected chi connectivity index (χ4v) is 2.60. The molecule has 3 heteroatoms. The minimum Gasteiger partial charge on any atom is -0.380 e. The van der Waals surface area contributed by atoms with Crippen molar-refractivity contribution in [2.75, 3.05) is 26.8 Å². The summed E-state index contributed by atoms with van der Waals surface area (Å²) in [6.45, 7) is 2.82. The van der Waals surface area contributed by atoms with Crippen molar-refractivity contribution in [3.8, 4) is 0 Å². The molecule has 1 saturated carbocycles. The number of carbonyl (C=O) groups excluding carboxylic acids is 1. The van der Waals surface area contributed by atoms with Crippen molar-refractivity contribution in [1.82, 2.24) is 4.90 Å². The molecule has 3 nitrogen and oxygen atoms in total. The van der Waals surface area contributed by atoms with Crippen LogP contribution in [0.3, 0.4) is 0 Å². The minimum atomic E-state index is 0.356. The average molecular weight is 211 g/mol. The van der Waals surface area contributed by atoms with Gasteiger partial charge in [0.2, 0.25) is 0 Å². The predicted molar refractivity (Wildman–Crippen MR) is 58.8 cm³/mol. The van der Waals surface area contributed by atoms with Crippen LogP contribution in [0.4, 0.5) is 0 Å². The van der Waals surface area contributed by atoms with Gasteiger partial charge in [0.15, 0.2) is 0 Å². The van der Waals surface area contributed by atoms with Crippen LogP contribution in [-0.4, -0.2) is 43.5 Å². The van der Waals surface area contributed by atoms with Gasteiger partial charge in [-0.3, -0.25) is 4.79 Å². The number of rotatable bonds is 4. The fraction of sp³-hybridized carbons (Fsp3) is 0.917. The third-order valence-corrected chi connectivity index (χ3v) is 3.79. The second kappa shape index (κ2) is 5.08. The molecule has 0 N–H and O–H groups in total. The summed E-state index contributed by atoms with van der Waals surface area (Å²) in [5.41, 5.74) is 0. The molecule has 0 radical (unpaired) electrons. The molecule has 15 heavy (non-hydrogen) atoms. The number of hydrogen-bond donors (Lipinski definition) is 0. The Balaban J connectivity index is 1.70. The Labute approximate surface area is 91.8 Å². The Morgan fingerprint density at radius 1 is 1.47 bits per heavy atom. The Kier molecular flexibility index (Phi) is 3.76. The van der Waals surface area contributed by atoms with Crippen molar-refractivity contribution in [3.63, 3.8) is 0 Å². The number of nitrogens with zero attached hydrogens (tertiary/aromatic N) is 1. The normalized spacial score (nSPS) is 31.7. The lowest BCUT2D eigenvalue weighted by atomic mass is 10.0. The van der Waals surface area contributed by atoms with Gasteiger partial charge in [-0.25, -0.2) is 0 Å². The number of likely N-dealkylation sites (N-methyl/N-ethyl adjacent to an activating group) is 1. The Morgan fingerprint density at radius 3 is 2.93 bits per heavy atom. The second-order valence-electron chi connectivity index (χ2n) is 4.84. The summed E-state index contributed by atoms with van der Waals surface area (Å²) in [6, 6.07) is 0.585. The van der Waals surface area contributed by atoms with Crippen LogP contribution in [-0.2, 0) is 9.53 Å². The van der Waals surface area contributed by atoms with Crippen molar-refractivity contribution in [1.29, 1.82) is 0 Å². The van der Waals surface area contributed by atoms with Crippen LogP contribution >= 0.6 is 0 Å². The maximum atomic E-state index is 11.5. The molecule has 2 atom stereocenters. The summed E-state index contributed by atoms with van der Waals surface area (Å²) in [7, 11) is 2.15. The van der Waals surface area contributed by atoms with Gasteiger partial charge in [0.25, 0.3) is 0 Å². The van der Waals surface area contributed by atoms with Gasteiger partial charge >= 0.3 is 0 Å². The monoisotopic (exact) mass is 211 g/mol. The SMILES string of the molecule is CN(CCC1CCCC1=O)C1CCOC1. The summed E-state index contributed by atoms with van der Waals surface area (Å²) < 4.78 is 5.36. The van der Waals surface area contributed by atoms with Gasteiger partial charge in [-0.05, 0) is 39.3 Å². The zero-order valence-corrected chi connectivity index (χ0v) is 9.58. The Morgan fingerprint density at radius 2 is 2.33 bits per heavy atom. The summed E-state index contributed by atoms with van der Waals surface area (Å²) >= 11 is 0. The van der Waals surface area contributed by atoms with E-state index in [0.717, 1.165) is 51.9 Å². The molecule has 2 fully saturated rings. The van der Waals surface area contributed by atoms with Gasteiger partial charge in [-0.2, -0.15) is 0 Å². The van der Waals surface area contributed by atoms with Gasteiger partial charge in [-0.1, -0.05) is 0 Å². The van der Waals surface area contributed by atoms with Crippen LogP contribution in [0, 0.1) is 5.92 Å². The standard InChI is InChI=1S/C12H21NO2/c1-13(11-6-8-15-9-11)7-5-10-3-2-4-12(10)14/h10-11H,2-9H2,1H3. The molecule has 1 saturated heterocycles. The van der Waals surface area contributed by atoms with Gasteiger partial charge in [0.05, 0.1) is 6.61 Å². The van der Waals surface area contributed by atoms with Crippen LogP contribution in [0.15, 0.2) is 0 Å². The van der Waals surface area contributed by atoms with Gasteiger partial charge in [-0.15, -0.1) is 0 Å². The van der Waals surface area contributed by atoms with E-state index in [-0.39, 0.29) is 0 Å². The fourth-order valence-electron chi connectivity index (χ4n) is 2.60. The predicted octanol–water partition coefficient (Wildman–Crippen LogP) is 1.47. The van der Waals surface area contributed by atoms with E-state index >= 15 is 0 Å². The van der Waals surface area contributed by atoms with Crippen molar-refractivity contribution >= 4 is 5.78 Å². The molecule has 0 aromatic rings. The average Bonchev–Trinajstić information content (AvgIpc) is 2.85. The van der Waals surface area contributed by atoms with Crippen molar-refractivity contribution in [3.05, 3.63) is 0 Å². The first kappa shape index (κ1) is 11.1. The van der Waals surface area contributed by atoms with Gasteiger partial charge < -0.3 is 9.64 Å². The quantitative estimate of drug-likeness (QED) is 0.705. The molecule has 0 aromatic carbocycles. The van der Waals surface area contributed by atoms with Gasteiger partial charge in [0, 0.05) is 25.0 Å². The zero-order chi connectivity index (χ0) is 10.7. The van der Waals surface area contributed by atoms with Crippen LogP contribution in [0.2, 0.25) is 0 Å². The number of ether oxygens (including phenoxy) is 1. The number of hydrogen-bond acceptors (Lipinski definition) is 3. The highest BCUT2D eigenvalue weighted by Gasteiger charge is 2.26. The highest BCUT2D eigenvalue weighted by molar-refractivity contribution is 5.82. The topological polar surface area (TPSA) is 29.5 Å². The molecule has 1 aliphatic heterocycles. The van der Waals surface area contributed by atoms with Crippen LogP contribution in [0.25, 0.3) is 0 Å². The van der Waals surface area contributed by atoms with Gasteiger partial charge in [0.1, 0.15) is 5.78 Å². The van der Waals surface area contributed by atoms with Crippen LogP contribution in [0.1, 0.15) is 32.1 Å². The highest BCUT2D eigenvalue weighted by atomic mass is 16.5. The lowest BCUT2D eigenvalue weighted by Gasteiger charge is -2.23. The summed E-state index contributed by atoms with van der Waals surface area (Å²) in [6.07, 6.45) is 5.25. The summed E-state index contributed by atoms with van der Waals surface area (Å²) in [5.74, 6) is 0.848. The molecular formula is C12H21NO2. The maximum absolute atomic E-state index is 11.5. The maximum Gasteiger partial charge on any atom is 0.136 e. The minimum absolute atomic E-state index is 0.356. The second-order valence-corrected chi connectivity index (χ2v) is 4.84. The highest BCUT2D eigenvalue weighted by Crippen LogP contribution is 2.24. The molecule has 1 heterocycles. The van der Waals surface area contributed by atoms with E-state index in [1.807, 2.05) is 0 Å². The van der Waals surface area contributed by atoms with E-state index < -0.39 is 0 Å². The largest absolute Gasteiger partial charge is 0.380 e. The molecule has 1 aliphatic carbocycles. The molecule has 0 amide bonds. The molecule has 2 aliphatic rings.